The van der Waals surface area contributed by atoms with Gasteiger partial charge in [0.15, 0.2) is 0 Å². The van der Waals surface area contributed by atoms with Gasteiger partial charge < -0.3 is 15.2 Å². The highest BCUT2D eigenvalue weighted by molar-refractivity contribution is 5.71. The third-order valence-corrected chi connectivity index (χ3v) is 2.25. The van der Waals surface area contributed by atoms with Gasteiger partial charge in [0.05, 0.1) is 13.5 Å². The Hall–Kier alpha value is -2.04. The van der Waals surface area contributed by atoms with Crippen molar-refractivity contribution < 1.29 is 19.4 Å². The predicted octanol–water partition coefficient (Wildman–Crippen LogP) is 1.43. The molecule has 5 heteroatoms. The largest absolute Gasteiger partial charge is 0.481 e. The first kappa shape index (κ1) is 13.0. The van der Waals surface area contributed by atoms with Crippen molar-refractivity contribution in [3.05, 3.63) is 35.9 Å². The van der Waals surface area contributed by atoms with Crippen molar-refractivity contribution >= 4 is 12.1 Å². The van der Waals surface area contributed by atoms with E-state index in [2.05, 4.69) is 10.1 Å². The Balaban J connectivity index is 2.63. The maximum Gasteiger partial charge on any atom is 0.407 e. The number of aliphatic carboxylic acids is 1. The molecule has 1 aromatic rings. The van der Waals surface area contributed by atoms with Crippen LogP contribution in [0.1, 0.15) is 12.0 Å². The summed E-state index contributed by atoms with van der Waals surface area (Å²) in [6, 6.07) is 8.91. The summed E-state index contributed by atoms with van der Waals surface area (Å²) in [5.41, 5.74) is 0.968. The van der Waals surface area contributed by atoms with E-state index in [1.807, 2.05) is 30.3 Å². The third-order valence-electron chi connectivity index (χ3n) is 2.25. The molecule has 0 aromatic heterocycles. The number of carbonyl (C=O) groups is 2. The summed E-state index contributed by atoms with van der Waals surface area (Å²) in [6.07, 6.45) is -0.293. The number of methoxy groups -OCH3 is 1. The molecule has 0 saturated carbocycles. The highest BCUT2D eigenvalue weighted by Gasteiger charge is 2.16. The maximum atomic E-state index is 11.1. The smallest absolute Gasteiger partial charge is 0.407 e. The lowest BCUT2D eigenvalue weighted by Gasteiger charge is -2.15. The zero-order valence-electron chi connectivity index (χ0n) is 9.55. The molecule has 0 unspecified atom stereocenters. The second-order valence-corrected chi connectivity index (χ2v) is 3.62. The van der Waals surface area contributed by atoms with Gasteiger partial charge >= 0.3 is 12.1 Å². The van der Waals surface area contributed by atoms with E-state index >= 15 is 0 Å². The number of amides is 1. The fourth-order valence-corrected chi connectivity index (χ4v) is 1.51. The SMILES string of the molecule is COC(=O)N[C@H](CC(=O)O)Cc1ccccc1. The monoisotopic (exact) mass is 237 g/mol. The molecular weight excluding hydrogens is 222 g/mol. The second kappa shape index (κ2) is 6.52. The highest BCUT2D eigenvalue weighted by Crippen LogP contribution is 2.06. The summed E-state index contributed by atoms with van der Waals surface area (Å²) in [7, 11) is 1.25. The Bertz CT molecular complexity index is 377. The Labute approximate surface area is 99.4 Å². The van der Waals surface area contributed by atoms with Crippen LogP contribution in [-0.4, -0.2) is 30.3 Å². The molecule has 2 N–H and O–H groups in total. The van der Waals surface area contributed by atoms with Gasteiger partial charge in [0.2, 0.25) is 0 Å². The highest BCUT2D eigenvalue weighted by atomic mass is 16.5. The van der Waals surface area contributed by atoms with E-state index < -0.39 is 18.1 Å². The molecule has 0 fully saturated rings. The first-order valence-electron chi connectivity index (χ1n) is 5.22. The molecule has 5 nitrogen and oxygen atoms in total. The van der Waals surface area contributed by atoms with Crippen LogP contribution in [0.3, 0.4) is 0 Å². The topological polar surface area (TPSA) is 75.6 Å². The van der Waals surface area contributed by atoms with E-state index in [0.29, 0.717) is 6.42 Å². The molecule has 0 aliphatic rings. The van der Waals surface area contributed by atoms with Gasteiger partial charge in [-0.25, -0.2) is 4.79 Å². The lowest BCUT2D eigenvalue weighted by molar-refractivity contribution is -0.137. The number of carboxylic acids is 1. The molecule has 0 spiro atoms. The number of hydrogen-bond acceptors (Lipinski definition) is 3. The Morgan fingerprint density at radius 2 is 2.00 bits per heavy atom. The number of benzene rings is 1. The number of nitrogens with one attached hydrogen (secondary N) is 1. The normalized spacial score (nSPS) is 11.6. The van der Waals surface area contributed by atoms with Crippen molar-refractivity contribution in [2.75, 3.05) is 7.11 Å². The molecule has 1 amide bonds. The Morgan fingerprint density at radius 3 is 2.53 bits per heavy atom. The molecule has 0 aliphatic heterocycles. The van der Waals surface area contributed by atoms with Crippen molar-refractivity contribution in [1.29, 1.82) is 0 Å². The molecule has 0 radical (unpaired) electrons. The van der Waals surface area contributed by atoms with Crippen LogP contribution in [-0.2, 0) is 16.0 Å². The van der Waals surface area contributed by atoms with E-state index in [-0.39, 0.29) is 6.42 Å². The van der Waals surface area contributed by atoms with Crippen molar-refractivity contribution in [3.63, 3.8) is 0 Å². The first-order chi connectivity index (χ1) is 8.11. The van der Waals surface area contributed by atoms with E-state index in [1.165, 1.54) is 7.11 Å². The van der Waals surface area contributed by atoms with E-state index in [4.69, 9.17) is 5.11 Å². The second-order valence-electron chi connectivity index (χ2n) is 3.62. The molecule has 0 saturated heterocycles. The van der Waals surface area contributed by atoms with Crippen molar-refractivity contribution in [1.82, 2.24) is 5.32 Å². The van der Waals surface area contributed by atoms with Crippen LogP contribution in [0.25, 0.3) is 0 Å². The zero-order chi connectivity index (χ0) is 12.7. The Morgan fingerprint density at radius 1 is 1.35 bits per heavy atom. The summed E-state index contributed by atoms with van der Waals surface area (Å²) in [5, 5.41) is 11.3. The number of carboxylic acid groups (broad SMARTS) is 1. The third kappa shape index (κ3) is 5.01. The van der Waals surface area contributed by atoms with E-state index in [1.54, 1.807) is 0 Å². The van der Waals surface area contributed by atoms with Gasteiger partial charge in [0.1, 0.15) is 0 Å². The fourth-order valence-electron chi connectivity index (χ4n) is 1.51. The number of ether oxygens (including phenoxy) is 1. The summed E-state index contributed by atoms with van der Waals surface area (Å²) in [5.74, 6) is -0.956. The standard InChI is InChI=1S/C12H15NO4/c1-17-12(16)13-10(8-11(14)15)7-9-5-3-2-4-6-9/h2-6,10H,7-8H2,1H3,(H,13,16)(H,14,15)/t10-/m0/s1. The lowest BCUT2D eigenvalue weighted by Crippen LogP contribution is -2.37. The number of carbonyl (C=O) groups excluding carboxylic acids is 1. The molecule has 17 heavy (non-hydrogen) atoms. The van der Waals surface area contributed by atoms with Crippen LogP contribution >= 0.6 is 0 Å². The number of hydrogen-bond donors (Lipinski definition) is 2. The van der Waals surface area contributed by atoms with Crippen LogP contribution in [0.15, 0.2) is 30.3 Å². The van der Waals surface area contributed by atoms with E-state index in [9.17, 15) is 9.59 Å². The van der Waals surface area contributed by atoms with Crippen LogP contribution in [0.5, 0.6) is 0 Å². The van der Waals surface area contributed by atoms with Crippen molar-refractivity contribution in [2.45, 2.75) is 18.9 Å². The van der Waals surface area contributed by atoms with Gasteiger partial charge in [-0.05, 0) is 12.0 Å². The average Bonchev–Trinajstić information content (AvgIpc) is 2.29. The molecule has 1 atom stereocenters. The molecule has 92 valence electrons. The quantitative estimate of drug-likeness (QED) is 0.812. The average molecular weight is 237 g/mol. The van der Waals surface area contributed by atoms with Gasteiger partial charge in [0.25, 0.3) is 0 Å². The number of rotatable bonds is 5. The summed E-state index contributed by atoms with van der Waals surface area (Å²) >= 11 is 0. The molecule has 0 heterocycles. The predicted molar refractivity (Wildman–Crippen MR) is 61.7 cm³/mol. The molecular formula is C12H15NO4. The van der Waals surface area contributed by atoms with Crippen LogP contribution in [0, 0.1) is 0 Å². The summed E-state index contributed by atoms with van der Waals surface area (Å²) in [6.45, 7) is 0. The van der Waals surface area contributed by atoms with Gasteiger partial charge in [-0.15, -0.1) is 0 Å². The molecule has 0 bridgehead atoms. The van der Waals surface area contributed by atoms with Crippen LogP contribution in [0.2, 0.25) is 0 Å². The molecule has 1 rings (SSSR count). The minimum absolute atomic E-state index is 0.135. The van der Waals surface area contributed by atoms with Gasteiger partial charge in [-0.2, -0.15) is 0 Å². The molecule has 1 aromatic carbocycles. The summed E-state index contributed by atoms with van der Waals surface area (Å²) < 4.78 is 4.46. The lowest BCUT2D eigenvalue weighted by atomic mass is 10.0. The molecule has 0 aliphatic carbocycles. The van der Waals surface area contributed by atoms with Gasteiger partial charge in [0, 0.05) is 6.04 Å². The van der Waals surface area contributed by atoms with Crippen molar-refractivity contribution in [2.24, 2.45) is 0 Å². The van der Waals surface area contributed by atoms with E-state index in [0.717, 1.165) is 5.56 Å². The fraction of sp³-hybridized carbons (Fsp3) is 0.333. The van der Waals surface area contributed by atoms with Gasteiger partial charge in [-0.3, -0.25) is 4.79 Å². The van der Waals surface area contributed by atoms with Crippen molar-refractivity contribution in [3.8, 4) is 0 Å². The van der Waals surface area contributed by atoms with Crippen LogP contribution in [0.4, 0.5) is 4.79 Å². The number of alkyl carbamates (subject to hydrolysis) is 1. The van der Waals surface area contributed by atoms with Crippen LogP contribution < -0.4 is 5.32 Å². The minimum Gasteiger partial charge on any atom is -0.481 e. The Kier molecular flexibility index (Phi) is 5.00. The minimum atomic E-state index is -0.956. The first-order valence-corrected chi connectivity index (χ1v) is 5.22. The van der Waals surface area contributed by atoms with Gasteiger partial charge in [-0.1, -0.05) is 30.3 Å². The summed E-state index contributed by atoms with van der Waals surface area (Å²) in [4.78, 5) is 21.7. The zero-order valence-corrected chi connectivity index (χ0v) is 9.55. The maximum absolute atomic E-state index is 11.1.